The van der Waals surface area contributed by atoms with Gasteiger partial charge in [-0.1, -0.05) is 46.8 Å². The maximum Gasteiger partial charge on any atom is 0.251 e. The van der Waals surface area contributed by atoms with E-state index in [1.54, 1.807) is 0 Å². The van der Waals surface area contributed by atoms with E-state index < -0.39 is 0 Å². The number of carbonyl (C=O) groups is 1. The normalized spacial score (nSPS) is 19.5. The third-order valence-electron chi connectivity index (χ3n) is 4.35. The van der Waals surface area contributed by atoms with Crippen molar-refractivity contribution < 1.29 is 9.53 Å². The highest BCUT2D eigenvalue weighted by molar-refractivity contribution is 5.94. The number of hydrogen-bond acceptors (Lipinski definition) is 3. The number of carbonyl (C=O) groups excluding carboxylic acids is 1. The second-order valence-electron chi connectivity index (χ2n) is 8.18. The van der Waals surface area contributed by atoms with Crippen LogP contribution in [0.1, 0.15) is 50.5 Å². The molecule has 4 nitrogen and oxygen atoms in total. The number of hydrogen-bond donors (Lipinski definition) is 1. The number of amides is 1. The molecule has 0 aromatic heterocycles. The summed E-state index contributed by atoms with van der Waals surface area (Å²) in [5.74, 6) is 0.625. The van der Waals surface area contributed by atoms with Crippen LogP contribution in [0.2, 0.25) is 0 Å². The Morgan fingerprint density at radius 2 is 1.96 bits per heavy atom. The highest BCUT2D eigenvalue weighted by Crippen LogP contribution is 2.22. The van der Waals surface area contributed by atoms with Gasteiger partial charge < -0.3 is 10.1 Å². The van der Waals surface area contributed by atoms with Crippen molar-refractivity contribution in [1.29, 1.82) is 0 Å². The third-order valence-corrected chi connectivity index (χ3v) is 4.35. The summed E-state index contributed by atoms with van der Waals surface area (Å²) in [6.45, 7) is 15.2. The summed E-state index contributed by atoms with van der Waals surface area (Å²) >= 11 is 0. The fourth-order valence-electron chi connectivity index (χ4n) is 3.02. The molecule has 1 fully saturated rings. The molecule has 0 radical (unpaired) electrons. The van der Waals surface area contributed by atoms with Gasteiger partial charge >= 0.3 is 0 Å². The van der Waals surface area contributed by atoms with Crippen molar-refractivity contribution >= 4 is 5.91 Å². The highest BCUT2D eigenvalue weighted by Gasteiger charge is 2.21. The van der Waals surface area contributed by atoms with Crippen molar-refractivity contribution in [2.45, 2.75) is 46.1 Å². The van der Waals surface area contributed by atoms with Crippen LogP contribution in [0.25, 0.3) is 0 Å². The number of benzene rings is 1. The lowest BCUT2D eigenvalue weighted by Gasteiger charge is -2.33. The average Bonchev–Trinajstić information content (AvgIpc) is 2.51. The van der Waals surface area contributed by atoms with Gasteiger partial charge in [0.2, 0.25) is 0 Å². The highest BCUT2D eigenvalue weighted by atomic mass is 16.5. The summed E-state index contributed by atoms with van der Waals surface area (Å²) < 4.78 is 5.78. The molecular formula is C20H32N2O2. The minimum Gasteiger partial charge on any atom is -0.374 e. The molecule has 1 amide bonds. The molecule has 1 N–H and O–H groups in total. The molecule has 1 aromatic rings. The minimum atomic E-state index is -0.0277. The fraction of sp³-hybridized carbons (Fsp3) is 0.650. The van der Waals surface area contributed by atoms with Crippen molar-refractivity contribution in [2.24, 2.45) is 5.92 Å². The Morgan fingerprint density at radius 3 is 2.54 bits per heavy atom. The van der Waals surface area contributed by atoms with E-state index >= 15 is 0 Å². The van der Waals surface area contributed by atoms with Crippen molar-refractivity contribution in [3.63, 3.8) is 0 Å². The van der Waals surface area contributed by atoms with Crippen LogP contribution in [-0.4, -0.2) is 49.7 Å². The summed E-state index contributed by atoms with van der Waals surface area (Å²) in [7, 11) is 0. The molecule has 134 valence electrons. The van der Waals surface area contributed by atoms with E-state index in [9.17, 15) is 4.79 Å². The van der Waals surface area contributed by atoms with Crippen LogP contribution in [0.15, 0.2) is 24.3 Å². The number of rotatable bonds is 5. The van der Waals surface area contributed by atoms with Gasteiger partial charge in [-0.05, 0) is 29.0 Å². The van der Waals surface area contributed by atoms with Crippen LogP contribution >= 0.6 is 0 Å². The van der Waals surface area contributed by atoms with E-state index in [2.05, 4.69) is 44.8 Å². The van der Waals surface area contributed by atoms with E-state index in [-0.39, 0.29) is 17.4 Å². The first-order valence-corrected chi connectivity index (χ1v) is 8.98. The summed E-state index contributed by atoms with van der Waals surface area (Å²) in [6.07, 6.45) is 0.0790. The molecular weight excluding hydrogens is 300 g/mol. The molecule has 1 aliphatic rings. The summed E-state index contributed by atoms with van der Waals surface area (Å²) in [6, 6.07) is 7.89. The molecule has 1 aromatic carbocycles. The van der Waals surface area contributed by atoms with Gasteiger partial charge in [0, 0.05) is 31.7 Å². The Labute approximate surface area is 146 Å². The smallest absolute Gasteiger partial charge is 0.251 e. The predicted molar refractivity (Wildman–Crippen MR) is 98.5 cm³/mol. The Hall–Kier alpha value is -1.39. The monoisotopic (exact) mass is 332 g/mol. The second kappa shape index (κ2) is 8.13. The van der Waals surface area contributed by atoms with Gasteiger partial charge in [0.25, 0.3) is 5.91 Å². The summed E-state index contributed by atoms with van der Waals surface area (Å²) in [4.78, 5) is 14.7. The zero-order valence-corrected chi connectivity index (χ0v) is 15.8. The first-order valence-electron chi connectivity index (χ1n) is 8.98. The quantitative estimate of drug-likeness (QED) is 0.901. The molecule has 0 saturated carbocycles. The molecule has 2 rings (SSSR count). The first-order chi connectivity index (χ1) is 11.3. The van der Waals surface area contributed by atoms with Crippen LogP contribution in [-0.2, 0) is 10.2 Å². The van der Waals surface area contributed by atoms with E-state index in [4.69, 9.17) is 4.74 Å². The Kier molecular flexibility index (Phi) is 6.41. The second-order valence-corrected chi connectivity index (χ2v) is 8.18. The molecule has 1 atom stereocenters. The van der Waals surface area contributed by atoms with E-state index in [0.29, 0.717) is 18.0 Å². The van der Waals surface area contributed by atoms with Gasteiger partial charge in [0.15, 0.2) is 0 Å². The Bertz CT molecular complexity index is 532. The maximum atomic E-state index is 12.3. The summed E-state index contributed by atoms with van der Waals surface area (Å²) in [5, 5.41) is 3.01. The van der Waals surface area contributed by atoms with Crippen molar-refractivity contribution in [1.82, 2.24) is 10.2 Å². The zero-order valence-electron chi connectivity index (χ0n) is 15.8. The van der Waals surface area contributed by atoms with Crippen LogP contribution < -0.4 is 5.32 Å². The number of ether oxygens (including phenoxy) is 1. The Morgan fingerprint density at radius 1 is 1.29 bits per heavy atom. The largest absolute Gasteiger partial charge is 0.374 e. The molecule has 1 heterocycles. The van der Waals surface area contributed by atoms with Gasteiger partial charge in [0.05, 0.1) is 12.7 Å². The van der Waals surface area contributed by atoms with E-state index in [1.165, 1.54) is 5.56 Å². The van der Waals surface area contributed by atoms with Crippen LogP contribution in [0.4, 0.5) is 0 Å². The molecule has 0 bridgehead atoms. The lowest BCUT2D eigenvalue weighted by Crippen LogP contribution is -2.48. The van der Waals surface area contributed by atoms with Crippen molar-refractivity contribution in [3.05, 3.63) is 35.4 Å². The minimum absolute atomic E-state index is 0.0277. The maximum absolute atomic E-state index is 12.3. The van der Waals surface area contributed by atoms with Crippen LogP contribution in [0.5, 0.6) is 0 Å². The Balaban J connectivity index is 1.84. The van der Waals surface area contributed by atoms with Crippen LogP contribution in [0.3, 0.4) is 0 Å². The third kappa shape index (κ3) is 5.60. The summed E-state index contributed by atoms with van der Waals surface area (Å²) in [5.41, 5.74) is 2.04. The van der Waals surface area contributed by atoms with Gasteiger partial charge in [0.1, 0.15) is 0 Å². The lowest BCUT2D eigenvalue weighted by molar-refractivity contribution is -0.0295. The van der Waals surface area contributed by atoms with Gasteiger partial charge in [-0.3, -0.25) is 9.69 Å². The molecule has 0 spiro atoms. The standard InChI is InChI=1S/C20H32N2O2/c1-15(2)13-22-10-11-24-18(14-22)12-21-19(23)16-6-8-17(9-7-16)20(3,4)5/h6-9,15,18H,10-14H2,1-5H3,(H,21,23). The van der Waals surface area contributed by atoms with E-state index in [1.807, 2.05) is 24.3 Å². The molecule has 1 unspecified atom stereocenters. The number of morpholine rings is 1. The predicted octanol–water partition coefficient (Wildman–Crippen LogP) is 3.07. The number of nitrogens with zero attached hydrogens (tertiary/aromatic N) is 1. The molecule has 1 saturated heterocycles. The van der Waals surface area contributed by atoms with Gasteiger partial charge in [-0.2, -0.15) is 0 Å². The molecule has 24 heavy (non-hydrogen) atoms. The SMILES string of the molecule is CC(C)CN1CCOC(CNC(=O)c2ccc(C(C)(C)C)cc2)C1. The molecule has 0 aliphatic carbocycles. The van der Waals surface area contributed by atoms with E-state index in [0.717, 1.165) is 26.2 Å². The van der Waals surface area contributed by atoms with Crippen molar-refractivity contribution in [2.75, 3.05) is 32.8 Å². The average molecular weight is 332 g/mol. The fourth-order valence-corrected chi connectivity index (χ4v) is 3.02. The zero-order chi connectivity index (χ0) is 17.7. The molecule has 4 heteroatoms. The van der Waals surface area contributed by atoms with Crippen molar-refractivity contribution in [3.8, 4) is 0 Å². The van der Waals surface area contributed by atoms with Gasteiger partial charge in [-0.25, -0.2) is 0 Å². The van der Waals surface area contributed by atoms with Crippen LogP contribution in [0, 0.1) is 5.92 Å². The molecule has 1 aliphatic heterocycles. The lowest BCUT2D eigenvalue weighted by atomic mass is 9.87. The topological polar surface area (TPSA) is 41.6 Å². The first kappa shape index (κ1) is 18.9. The number of nitrogens with one attached hydrogen (secondary N) is 1. The van der Waals surface area contributed by atoms with Gasteiger partial charge in [-0.15, -0.1) is 0 Å².